The van der Waals surface area contributed by atoms with Crippen molar-refractivity contribution in [1.29, 1.82) is 0 Å². The molecule has 0 aliphatic carbocycles. The van der Waals surface area contributed by atoms with Gasteiger partial charge in [0.15, 0.2) is 5.60 Å². The Morgan fingerprint density at radius 2 is 1.87 bits per heavy atom. The minimum absolute atomic E-state index is 0.210. The average molecular weight is 434 g/mol. The van der Waals surface area contributed by atoms with Crippen LogP contribution in [-0.2, 0) is 5.41 Å². The zero-order chi connectivity index (χ0) is 22.9. The Labute approximate surface area is 177 Å². The molecule has 0 saturated heterocycles. The molecule has 8 heteroatoms. The number of methoxy groups -OCH3 is 1. The zero-order valence-electron chi connectivity index (χ0n) is 17.2. The van der Waals surface area contributed by atoms with E-state index in [-0.39, 0.29) is 17.0 Å². The molecule has 0 bridgehead atoms. The van der Waals surface area contributed by atoms with Gasteiger partial charge in [0.1, 0.15) is 11.6 Å². The van der Waals surface area contributed by atoms with Crippen LogP contribution in [0.2, 0.25) is 0 Å². The lowest BCUT2D eigenvalue weighted by molar-refractivity contribution is -0.234. The van der Waals surface area contributed by atoms with E-state index in [4.69, 9.17) is 4.74 Å². The summed E-state index contributed by atoms with van der Waals surface area (Å²) < 4.78 is 60.9. The van der Waals surface area contributed by atoms with E-state index in [1.807, 2.05) is 0 Å². The van der Waals surface area contributed by atoms with Crippen LogP contribution < -0.4 is 4.74 Å². The van der Waals surface area contributed by atoms with Gasteiger partial charge in [0.2, 0.25) is 0 Å². The van der Waals surface area contributed by atoms with Crippen molar-refractivity contribution in [3.05, 3.63) is 66.2 Å². The lowest BCUT2D eigenvalue weighted by Gasteiger charge is -2.36. The third kappa shape index (κ3) is 4.69. The fraction of sp³-hybridized carbons (Fsp3) is 0.304. The average Bonchev–Trinajstić information content (AvgIpc) is 2.71. The standard InChI is InChI=1S/C23H22F4N2O2/c1-21(2,18-11-16(24)7-8-20(18)31-3)13-22(30,23(25,26)27)14-29-19-6-4-5-15-12-28-10-9-17(15)19/h4-12,14,30H,13H2,1-3H3/b29-14-. The Kier molecular flexibility index (Phi) is 6.04. The van der Waals surface area contributed by atoms with E-state index >= 15 is 0 Å². The van der Waals surface area contributed by atoms with E-state index in [0.717, 1.165) is 12.1 Å². The van der Waals surface area contributed by atoms with Crippen LogP contribution in [0.4, 0.5) is 23.2 Å². The zero-order valence-corrected chi connectivity index (χ0v) is 17.2. The van der Waals surface area contributed by atoms with E-state index in [0.29, 0.717) is 17.0 Å². The molecule has 0 aliphatic rings. The molecule has 1 aromatic heterocycles. The van der Waals surface area contributed by atoms with Gasteiger partial charge >= 0.3 is 6.18 Å². The van der Waals surface area contributed by atoms with Crippen molar-refractivity contribution < 1.29 is 27.4 Å². The molecule has 1 unspecified atom stereocenters. The molecule has 1 N–H and O–H groups in total. The van der Waals surface area contributed by atoms with Gasteiger partial charge in [-0.2, -0.15) is 13.2 Å². The molecule has 1 atom stereocenters. The summed E-state index contributed by atoms with van der Waals surface area (Å²) in [6.07, 6.45) is -2.21. The molecule has 164 valence electrons. The van der Waals surface area contributed by atoms with E-state index in [2.05, 4.69) is 9.98 Å². The van der Waals surface area contributed by atoms with Gasteiger partial charge in [0.05, 0.1) is 12.8 Å². The first-order chi connectivity index (χ1) is 14.5. The van der Waals surface area contributed by atoms with Crippen LogP contribution in [-0.4, -0.2) is 35.2 Å². The first-order valence-corrected chi connectivity index (χ1v) is 9.48. The molecule has 0 aliphatic heterocycles. The van der Waals surface area contributed by atoms with Crippen LogP contribution >= 0.6 is 0 Å². The fourth-order valence-electron chi connectivity index (χ4n) is 3.59. The van der Waals surface area contributed by atoms with Gasteiger partial charge in [-0.3, -0.25) is 9.98 Å². The quantitative estimate of drug-likeness (QED) is 0.397. The maximum Gasteiger partial charge on any atom is 0.422 e. The number of pyridine rings is 1. The number of aliphatic hydroxyl groups is 1. The number of halogens is 4. The lowest BCUT2D eigenvalue weighted by Crippen LogP contribution is -2.50. The Morgan fingerprint density at radius 1 is 1.13 bits per heavy atom. The molecule has 1 heterocycles. The summed E-state index contributed by atoms with van der Waals surface area (Å²) in [5.41, 5.74) is -4.08. The Morgan fingerprint density at radius 3 is 2.55 bits per heavy atom. The molecular formula is C23H22F4N2O2. The number of fused-ring (bicyclic) bond motifs is 1. The van der Waals surface area contributed by atoms with Crippen molar-refractivity contribution in [2.75, 3.05) is 7.11 Å². The first-order valence-electron chi connectivity index (χ1n) is 9.48. The summed E-state index contributed by atoms with van der Waals surface area (Å²) in [5.74, 6) is -0.383. The van der Waals surface area contributed by atoms with Crippen molar-refractivity contribution in [3.63, 3.8) is 0 Å². The highest BCUT2D eigenvalue weighted by Gasteiger charge is 2.55. The van der Waals surface area contributed by atoms with E-state index in [1.165, 1.54) is 33.2 Å². The second-order valence-electron chi connectivity index (χ2n) is 7.96. The van der Waals surface area contributed by atoms with Crippen LogP contribution in [0.15, 0.2) is 59.9 Å². The fourth-order valence-corrected chi connectivity index (χ4v) is 3.59. The normalized spacial score (nSPS) is 14.7. The predicted octanol–water partition coefficient (Wildman–Crippen LogP) is 5.75. The van der Waals surface area contributed by atoms with Gasteiger partial charge in [-0.15, -0.1) is 0 Å². The van der Waals surface area contributed by atoms with Crippen LogP contribution in [0.5, 0.6) is 5.75 Å². The summed E-state index contributed by atoms with van der Waals surface area (Å²) in [6, 6.07) is 10.2. The smallest absolute Gasteiger partial charge is 0.422 e. The molecule has 0 amide bonds. The van der Waals surface area contributed by atoms with Crippen molar-refractivity contribution in [2.24, 2.45) is 4.99 Å². The van der Waals surface area contributed by atoms with Gasteiger partial charge in [0.25, 0.3) is 0 Å². The SMILES string of the molecule is COc1ccc(F)cc1C(C)(C)CC(O)(/C=N\c1cccc2cnccc12)C(F)(F)F. The molecule has 3 aromatic rings. The van der Waals surface area contributed by atoms with Crippen molar-refractivity contribution >= 4 is 22.7 Å². The number of benzene rings is 2. The van der Waals surface area contributed by atoms with E-state index < -0.39 is 29.4 Å². The van der Waals surface area contributed by atoms with Crippen LogP contribution in [0.1, 0.15) is 25.8 Å². The van der Waals surface area contributed by atoms with Crippen molar-refractivity contribution in [1.82, 2.24) is 4.98 Å². The number of rotatable bonds is 6. The molecule has 0 saturated carbocycles. The largest absolute Gasteiger partial charge is 0.496 e. The third-order valence-electron chi connectivity index (χ3n) is 5.17. The number of hydrogen-bond acceptors (Lipinski definition) is 4. The molecule has 3 rings (SSSR count). The minimum atomic E-state index is -5.01. The molecule has 0 fully saturated rings. The van der Waals surface area contributed by atoms with Gasteiger partial charge in [-0.1, -0.05) is 26.0 Å². The van der Waals surface area contributed by atoms with Gasteiger partial charge in [-0.05, 0) is 42.2 Å². The summed E-state index contributed by atoms with van der Waals surface area (Å²) in [4.78, 5) is 7.97. The lowest BCUT2D eigenvalue weighted by atomic mass is 9.74. The van der Waals surface area contributed by atoms with Crippen LogP contribution in [0.3, 0.4) is 0 Å². The summed E-state index contributed by atoms with van der Waals surface area (Å²) in [6.45, 7) is 2.97. The van der Waals surface area contributed by atoms with Crippen LogP contribution in [0.25, 0.3) is 10.8 Å². The number of alkyl halides is 3. The van der Waals surface area contributed by atoms with Crippen LogP contribution in [0, 0.1) is 5.82 Å². The van der Waals surface area contributed by atoms with Crippen molar-refractivity contribution in [2.45, 2.75) is 37.5 Å². The molecule has 31 heavy (non-hydrogen) atoms. The summed E-state index contributed by atoms with van der Waals surface area (Å²) in [7, 11) is 1.35. The second kappa shape index (κ2) is 8.26. The molecule has 0 spiro atoms. The minimum Gasteiger partial charge on any atom is -0.496 e. The van der Waals surface area contributed by atoms with Gasteiger partial charge < -0.3 is 9.84 Å². The molecule has 2 aromatic carbocycles. The van der Waals surface area contributed by atoms with E-state index in [9.17, 15) is 22.7 Å². The Balaban J connectivity index is 2.03. The molecule has 4 nitrogen and oxygen atoms in total. The highest BCUT2D eigenvalue weighted by atomic mass is 19.4. The highest BCUT2D eigenvalue weighted by Crippen LogP contribution is 2.43. The number of nitrogens with zero attached hydrogens (tertiary/aromatic N) is 2. The second-order valence-corrected chi connectivity index (χ2v) is 7.96. The van der Waals surface area contributed by atoms with Gasteiger partial charge in [0, 0.05) is 34.9 Å². The Hall–Kier alpha value is -3.00. The topological polar surface area (TPSA) is 54.7 Å². The number of hydrogen-bond donors (Lipinski definition) is 1. The monoisotopic (exact) mass is 434 g/mol. The number of aliphatic imine (C=N–C) groups is 1. The molecular weight excluding hydrogens is 412 g/mol. The Bertz CT molecular complexity index is 1110. The van der Waals surface area contributed by atoms with Gasteiger partial charge in [-0.25, -0.2) is 4.39 Å². The maximum absolute atomic E-state index is 14.0. The highest BCUT2D eigenvalue weighted by molar-refractivity contribution is 5.93. The molecule has 0 radical (unpaired) electrons. The summed E-state index contributed by atoms with van der Waals surface area (Å²) >= 11 is 0. The summed E-state index contributed by atoms with van der Waals surface area (Å²) in [5, 5.41) is 12.0. The van der Waals surface area contributed by atoms with E-state index in [1.54, 1.807) is 30.5 Å². The number of aromatic nitrogens is 1. The third-order valence-corrected chi connectivity index (χ3v) is 5.17. The van der Waals surface area contributed by atoms with Crippen molar-refractivity contribution in [3.8, 4) is 5.75 Å². The first kappa shape index (κ1) is 22.7. The number of ether oxygens (including phenoxy) is 1. The predicted molar refractivity (Wildman–Crippen MR) is 111 cm³/mol. The maximum atomic E-state index is 14.0.